The molecule has 0 aromatic carbocycles. The van der Waals surface area contributed by atoms with Gasteiger partial charge in [-0.2, -0.15) is 4.98 Å². The van der Waals surface area contributed by atoms with Gasteiger partial charge in [0.15, 0.2) is 11.6 Å². The molecule has 5 fully saturated rings. The van der Waals surface area contributed by atoms with Crippen LogP contribution in [0.25, 0.3) is 0 Å². The largest absolute Gasteiger partial charge is 0.381 e. The zero-order valence-corrected chi connectivity index (χ0v) is 18.3. The highest BCUT2D eigenvalue weighted by Gasteiger charge is 2.54. The van der Waals surface area contributed by atoms with Crippen molar-refractivity contribution in [3.8, 4) is 0 Å². The number of carbonyl (C=O) groups excluding carboxylic acids is 2. The summed E-state index contributed by atoms with van der Waals surface area (Å²) in [7, 11) is 0. The Kier molecular flexibility index (Phi) is 4.76. The van der Waals surface area contributed by atoms with E-state index in [0.29, 0.717) is 37.3 Å². The average molecular weight is 443 g/mol. The lowest BCUT2D eigenvalue weighted by molar-refractivity contribution is -0.160. The molecule has 6 rings (SSSR count). The van der Waals surface area contributed by atoms with E-state index in [4.69, 9.17) is 5.73 Å². The zero-order chi connectivity index (χ0) is 22.0. The Balaban J connectivity index is 1.30. The normalized spacial score (nSPS) is 36.3. The summed E-state index contributed by atoms with van der Waals surface area (Å²) < 4.78 is 13.6. The molecule has 172 valence electrons. The van der Waals surface area contributed by atoms with Crippen LogP contribution in [0.2, 0.25) is 0 Å². The molecule has 2 amide bonds. The molecule has 1 saturated carbocycles. The SMILES string of the molecule is Nc1nc(N2C[C@H]3C[C@@H](C2)[C@H](C(=O)N2C[C@H]4CCC[C@H]4C2)N2C(=O)CCC[C@@H]32)ncc1F. The van der Waals surface area contributed by atoms with Gasteiger partial charge in [0, 0.05) is 44.6 Å². The fraction of sp³-hybridized carbons (Fsp3) is 0.739. The Morgan fingerprint density at radius 2 is 1.78 bits per heavy atom. The number of likely N-dealkylation sites (tertiary alicyclic amines) is 1. The summed E-state index contributed by atoms with van der Waals surface area (Å²) in [4.78, 5) is 41.4. The third-order valence-electron chi connectivity index (χ3n) is 8.67. The lowest BCUT2D eigenvalue weighted by Crippen LogP contribution is -2.68. The topological polar surface area (TPSA) is 95.7 Å². The highest BCUT2D eigenvalue weighted by Crippen LogP contribution is 2.44. The maximum atomic E-state index is 13.9. The molecule has 1 aromatic heterocycles. The first-order chi connectivity index (χ1) is 15.5. The molecule has 2 bridgehead atoms. The van der Waals surface area contributed by atoms with Crippen molar-refractivity contribution in [1.82, 2.24) is 19.8 Å². The summed E-state index contributed by atoms with van der Waals surface area (Å²) in [6.45, 7) is 2.95. The molecule has 0 unspecified atom stereocenters. The van der Waals surface area contributed by atoms with Crippen LogP contribution in [-0.4, -0.2) is 69.8 Å². The van der Waals surface area contributed by atoms with Crippen LogP contribution in [0.4, 0.5) is 16.2 Å². The molecule has 8 nitrogen and oxygen atoms in total. The summed E-state index contributed by atoms with van der Waals surface area (Å²) >= 11 is 0. The standard InChI is InChI=1S/C23H31FN6O2/c24-17-8-26-23(27-21(17)25)29-11-15-7-16(12-29)20(30-18(15)5-2-6-19(30)31)22(32)28-9-13-3-1-4-14(13)10-28/h8,13-16,18,20H,1-7,9-12H2,(H2,25,26,27)/t13-,14+,15-,16+,18+,20-/m1/s1. The van der Waals surface area contributed by atoms with Crippen LogP contribution in [0.1, 0.15) is 44.9 Å². The van der Waals surface area contributed by atoms with Crippen LogP contribution >= 0.6 is 0 Å². The maximum absolute atomic E-state index is 13.9. The highest BCUT2D eigenvalue weighted by atomic mass is 19.1. The van der Waals surface area contributed by atoms with Crippen LogP contribution in [-0.2, 0) is 9.59 Å². The molecule has 0 radical (unpaired) electrons. The molecule has 5 aliphatic rings. The lowest BCUT2D eigenvalue weighted by Gasteiger charge is -2.56. The summed E-state index contributed by atoms with van der Waals surface area (Å²) in [5.74, 6) is 1.43. The quantitative estimate of drug-likeness (QED) is 0.749. The number of hydrogen-bond donors (Lipinski definition) is 1. The first-order valence-electron chi connectivity index (χ1n) is 12.1. The van der Waals surface area contributed by atoms with Crippen LogP contribution in [0, 0.1) is 29.5 Å². The van der Waals surface area contributed by atoms with E-state index in [9.17, 15) is 14.0 Å². The minimum Gasteiger partial charge on any atom is -0.381 e. The van der Waals surface area contributed by atoms with E-state index in [2.05, 4.69) is 9.97 Å². The highest BCUT2D eigenvalue weighted by molar-refractivity contribution is 5.89. The number of nitrogens with two attached hydrogens (primary N) is 1. The van der Waals surface area contributed by atoms with Crippen LogP contribution in [0.3, 0.4) is 0 Å². The number of anilines is 2. The number of carbonyl (C=O) groups is 2. The maximum Gasteiger partial charge on any atom is 0.245 e. The number of piperidine rings is 3. The predicted molar refractivity (Wildman–Crippen MR) is 116 cm³/mol. The van der Waals surface area contributed by atoms with Gasteiger partial charge >= 0.3 is 0 Å². The van der Waals surface area contributed by atoms with Crippen molar-refractivity contribution in [2.75, 3.05) is 36.8 Å². The van der Waals surface area contributed by atoms with Crippen molar-refractivity contribution in [1.29, 1.82) is 0 Å². The summed E-state index contributed by atoms with van der Waals surface area (Å²) in [6.07, 6.45) is 8.08. The Morgan fingerprint density at radius 3 is 2.53 bits per heavy atom. The van der Waals surface area contributed by atoms with Gasteiger partial charge in [-0.3, -0.25) is 9.59 Å². The number of nitrogen functional groups attached to an aromatic ring is 1. The number of hydrogen-bond acceptors (Lipinski definition) is 6. The van der Waals surface area contributed by atoms with Crippen LogP contribution in [0.15, 0.2) is 6.20 Å². The Bertz CT molecular complexity index is 931. The number of fused-ring (bicyclic) bond motifs is 5. The Hall–Kier alpha value is -2.45. The number of aromatic nitrogens is 2. The fourth-order valence-electron chi connectivity index (χ4n) is 7.26. The first-order valence-corrected chi connectivity index (χ1v) is 12.1. The van der Waals surface area contributed by atoms with Gasteiger partial charge in [0.1, 0.15) is 6.04 Å². The average Bonchev–Trinajstić information content (AvgIpc) is 3.38. The third-order valence-corrected chi connectivity index (χ3v) is 8.67. The van der Waals surface area contributed by atoms with E-state index in [0.717, 1.165) is 38.5 Å². The fourth-order valence-corrected chi connectivity index (χ4v) is 7.26. The summed E-state index contributed by atoms with van der Waals surface area (Å²) in [6, 6.07) is -0.340. The monoisotopic (exact) mass is 442 g/mol. The van der Waals surface area contributed by atoms with Crippen molar-refractivity contribution < 1.29 is 14.0 Å². The smallest absolute Gasteiger partial charge is 0.245 e. The minimum absolute atomic E-state index is 0.0230. The molecule has 0 spiro atoms. The minimum atomic E-state index is -0.623. The second-order valence-corrected chi connectivity index (χ2v) is 10.5. The van der Waals surface area contributed by atoms with Gasteiger partial charge in [-0.15, -0.1) is 0 Å². The molecule has 2 N–H and O–H groups in total. The lowest BCUT2D eigenvalue weighted by atomic mass is 9.71. The summed E-state index contributed by atoms with van der Waals surface area (Å²) in [5.41, 5.74) is 5.70. The molecule has 4 aliphatic heterocycles. The molecule has 1 aromatic rings. The molecule has 6 atom stereocenters. The van der Waals surface area contributed by atoms with Crippen molar-refractivity contribution >= 4 is 23.6 Å². The predicted octanol–water partition coefficient (Wildman–Crippen LogP) is 1.66. The number of nitrogens with zero attached hydrogens (tertiary/aromatic N) is 5. The van der Waals surface area contributed by atoms with Gasteiger partial charge in [0.2, 0.25) is 17.8 Å². The van der Waals surface area contributed by atoms with Gasteiger partial charge in [-0.05, 0) is 49.9 Å². The number of halogens is 1. The van der Waals surface area contributed by atoms with Crippen LogP contribution < -0.4 is 10.6 Å². The molecule has 5 heterocycles. The third kappa shape index (κ3) is 3.15. The molecule has 4 saturated heterocycles. The van der Waals surface area contributed by atoms with E-state index < -0.39 is 11.9 Å². The van der Waals surface area contributed by atoms with Gasteiger partial charge in [0.25, 0.3) is 0 Å². The van der Waals surface area contributed by atoms with Crippen molar-refractivity contribution in [3.63, 3.8) is 0 Å². The second-order valence-electron chi connectivity index (χ2n) is 10.5. The molecule has 32 heavy (non-hydrogen) atoms. The number of rotatable bonds is 2. The Morgan fingerprint density at radius 1 is 1.03 bits per heavy atom. The molecule has 9 heteroatoms. The van der Waals surface area contributed by atoms with Gasteiger partial charge < -0.3 is 20.4 Å². The van der Waals surface area contributed by atoms with Crippen molar-refractivity contribution in [2.24, 2.45) is 23.7 Å². The van der Waals surface area contributed by atoms with Crippen molar-refractivity contribution in [2.45, 2.75) is 57.0 Å². The molecule has 1 aliphatic carbocycles. The van der Waals surface area contributed by atoms with Gasteiger partial charge in [0.05, 0.1) is 6.20 Å². The zero-order valence-electron chi connectivity index (χ0n) is 18.3. The van der Waals surface area contributed by atoms with Crippen LogP contribution in [0.5, 0.6) is 0 Å². The van der Waals surface area contributed by atoms with E-state index >= 15 is 0 Å². The molecular formula is C23H31FN6O2. The van der Waals surface area contributed by atoms with Crippen molar-refractivity contribution in [3.05, 3.63) is 12.0 Å². The van der Waals surface area contributed by atoms with Gasteiger partial charge in [-0.1, -0.05) is 6.42 Å². The second kappa shape index (κ2) is 7.56. The van der Waals surface area contributed by atoms with E-state index in [-0.39, 0.29) is 35.5 Å². The van der Waals surface area contributed by atoms with Gasteiger partial charge in [-0.25, -0.2) is 9.37 Å². The molecular weight excluding hydrogens is 411 g/mol. The van der Waals surface area contributed by atoms with E-state index in [1.807, 2.05) is 14.7 Å². The van der Waals surface area contributed by atoms with E-state index in [1.165, 1.54) is 19.3 Å². The van der Waals surface area contributed by atoms with E-state index in [1.54, 1.807) is 0 Å². The first kappa shape index (κ1) is 20.2. The Labute approximate surface area is 187 Å². The summed E-state index contributed by atoms with van der Waals surface area (Å²) in [5, 5.41) is 0. The number of amides is 2.